The maximum absolute atomic E-state index is 12.2. The highest BCUT2D eigenvalue weighted by atomic mass is 35.5. The lowest BCUT2D eigenvalue weighted by Crippen LogP contribution is -2.22. The molecule has 0 radical (unpaired) electrons. The van der Waals surface area contributed by atoms with Crippen molar-refractivity contribution in [3.8, 4) is 5.75 Å². The lowest BCUT2D eigenvalue weighted by atomic mass is 10.3. The molecule has 28 heavy (non-hydrogen) atoms. The first kappa shape index (κ1) is 19.4. The van der Waals surface area contributed by atoms with Gasteiger partial charge in [-0.05, 0) is 25.1 Å². The minimum absolute atomic E-state index is 0.0507. The highest BCUT2D eigenvalue weighted by Gasteiger charge is 2.16. The van der Waals surface area contributed by atoms with E-state index in [1.54, 1.807) is 29.1 Å². The molecule has 0 aliphatic heterocycles. The van der Waals surface area contributed by atoms with E-state index in [1.165, 1.54) is 18.2 Å². The molecule has 1 amide bonds. The molecule has 1 N–H and O–H groups in total. The van der Waals surface area contributed by atoms with Crippen molar-refractivity contribution in [2.45, 2.75) is 26.6 Å². The van der Waals surface area contributed by atoms with E-state index in [2.05, 4.69) is 10.4 Å². The molecule has 2 aromatic heterocycles. The number of ether oxygens (including phenoxy) is 1. The number of benzene rings is 1. The number of furan rings is 1. The first-order valence-electron chi connectivity index (χ1n) is 8.43. The molecule has 0 saturated heterocycles. The van der Waals surface area contributed by atoms with Crippen molar-refractivity contribution in [3.63, 3.8) is 0 Å². The summed E-state index contributed by atoms with van der Waals surface area (Å²) in [4.78, 5) is 22.7. The molecule has 0 bridgehead atoms. The topological polar surface area (TPSA) is 112 Å². The molecule has 0 spiro atoms. The Morgan fingerprint density at radius 2 is 2.14 bits per heavy atom. The predicted molar refractivity (Wildman–Crippen MR) is 100 cm³/mol. The van der Waals surface area contributed by atoms with Gasteiger partial charge in [0, 0.05) is 18.8 Å². The van der Waals surface area contributed by atoms with Crippen molar-refractivity contribution in [1.82, 2.24) is 15.1 Å². The average Bonchev–Trinajstić information content (AvgIpc) is 3.31. The quantitative estimate of drug-likeness (QED) is 0.453. The molecule has 2 heterocycles. The molecule has 3 rings (SSSR count). The minimum Gasteiger partial charge on any atom is -0.479 e. The maximum atomic E-state index is 12.2. The Labute approximate surface area is 165 Å². The van der Waals surface area contributed by atoms with E-state index in [0.29, 0.717) is 23.0 Å². The molecule has 0 fully saturated rings. The van der Waals surface area contributed by atoms with Gasteiger partial charge in [0.2, 0.25) is 0 Å². The molecule has 0 atom stereocenters. The monoisotopic (exact) mass is 404 g/mol. The first-order valence-corrected chi connectivity index (χ1v) is 8.80. The normalized spacial score (nSPS) is 10.6. The predicted octanol–water partition coefficient (Wildman–Crippen LogP) is 3.57. The van der Waals surface area contributed by atoms with E-state index >= 15 is 0 Å². The van der Waals surface area contributed by atoms with Crippen LogP contribution in [0.5, 0.6) is 5.75 Å². The van der Waals surface area contributed by atoms with Gasteiger partial charge in [-0.1, -0.05) is 23.7 Å². The van der Waals surface area contributed by atoms with Crippen LogP contribution in [-0.2, 0) is 19.7 Å². The molecule has 0 aliphatic rings. The van der Waals surface area contributed by atoms with Gasteiger partial charge in [0.05, 0.1) is 16.5 Å². The lowest BCUT2D eigenvalue weighted by molar-refractivity contribution is -0.386. The number of nitrogens with zero attached hydrogens (tertiary/aromatic N) is 3. The summed E-state index contributed by atoms with van der Waals surface area (Å²) in [7, 11) is 0. The highest BCUT2D eigenvalue weighted by Crippen LogP contribution is 2.26. The Balaban J connectivity index is 1.58. The van der Waals surface area contributed by atoms with Crippen LogP contribution in [0, 0.1) is 10.1 Å². The summed E-state index contributed by atoms with van der Waals surface area (Å²) >= 11 is 6.07. The summed E-state index contributed by atoms with van der Waals surface area (Å²) < 4.78 is 12.6. The van der Waals surface area contributed by atoms with E-state index in [0.717, 1.165) is 0 Å². The van der Waals surface area contributed by atoms with Crippen LogP contribution in [0.3, 0.4) is 0 Å². The van der Waals surface area contributed by atoms with E-state index in [9.17, 15) is 14.9 Å². The van der Waals surface area contributed by atoms with Crippen molar-refractivity contribution in [2.24, 2.45) is 0 Å². The molecule has 1 aromatic carbocycles. The lowest BCUT2D eigenvalue weighted by Gasteiger charge is -2.04. The third-order valence-corrected chi connectivity index (χ3v) is 4.16. The van der Waals surface area contributed by atoms with E-state index < -0.39 is 10.8 Å². The zero-order valence-electron chi connectivity index (χ0n) is 14.9. The summed E-state index contributed by atoms with van der Waals surface area (Å²) in [6, 6.07) is 9.10. The fourth-order valence-corrected chi connectivity index (χ4v) is 2.64. The maximum Gasteiger partial charge on any atom is 0.310 e. The van der Waals surface area contributed by atoms with Crippen LogP contribution in [-0.4, -0.2) is 20.6 Å². The second-order valence-electron chi connectivity index (χ2n) is 5.74. The van der Waals surface area contributed by atoms with E-state index in [-0.39, 0.29) is 30.3 Å². The van der Waals surface area contributed by atoms with Crippen LogP contribution < -0.4 is 10.1 Å². The minimum atomic E-state index is -0.526. The number of nitro benzene ring substituents is 1. The van der Waals surface area contributed by atoms with Crippen molar-refractivity contribution in [3.05, 3.63) is 74.9 Å². The molecule has 3 aromatic rings. The molecular formula is C18H17ClN4O5. The van der Waals surface area contributed by atoms with Crippen LogP contribution >= 0.6 is 11.6 Å². The number of hydrogen-bond acceptors (Lipinski definition) is 6. The standard InChI is InChI=1S/C18H17ClN4O5/c1-2-22-10-13(19)14(21-22)9-20-18(24)17-8-7-12(28-17)11-27-16-6-4-3-5-15(16)23(25)26/h3-8,10H,2,9,11H2,1H3,(H,20,24). The zero-order valence-corrected chi connectivity index (χ0v) is 15.7. The smallest absolute Gasteiger partial charge is 0.310 e. The number of hydrogen-bond donors (Lipinski definition) is 1. The van der Waals surface area contributed by atoms with Gasteiger partial charge < -0.3 is 14.5 Å². The van der Waals surface area contributed by atoms with Crippen LogP contribution in [0.15, 0.2) is 47.0 Å². The van der Waals surface area contributed by atoms with Gasteiger partial charge in [-0.2, -0.15) is 5.10 Å². The Morgan fingerprint density at radius 3 is 2.86 bits per heavy atom. The Bertz CT molecular complexity index is 998. The number of nitrogens with one attached hydrogen (secondary N) is 1. The molecule has 146 valence electrons. The third kappa shape index (κ3) is 4.49. The number of carbonyl (C=O) groups is 1. The summed E-state index contributed by atoms with van der Waals surface area (Å²) in [6.07, 6.45) is 1.69. The molecule has 0 unspecified atom stereocenters. The van der Waals surface area contributed by atoms with Crippen LogP contribution in [0.2, 0.25) is 5.02 Å². The number of carbonyl (C=O) groups excluding carboxylic acids is 1. The SMILES string of the molecule is CCn1cc(Cl)c(CNC(=O)c2ccc(COc3ccccc3[N+](=O)[O-])o2)n1. The van der Waals surface area contributed by atoms with Crippen LogP contribution in [0.1, 0.15) is 28.9 Å². The third-order valence-electron chi connectivity index (χ3n) is 3.84. The molecule has 10 heteroatoms. The van der Waals surface area contributed by atoms with Gasteiger partial charge in [-0.3, -0.25) is 19.6 Å². The highest BCUT2D eigenvalue weighted by molar-refractivity contribution is 6.31. The van der Waals surface area contributed by atoms with E-state index in [1.807, 2.05) is 6.92 Å². The molecular weight excluding hydrogens is 388 g/mol. The Hall–Kier alpha value is -3.33. The number of amides is 1. The summed E-state index contributed by atoms with van der Waals surface area (Å²) in [6.45, 7) is 2.72. The van der Waals surface area contributed by atoms with Crippen LogP contribution in [0.25, 0.3) is 0 Å². The Morgan fingerprint density at radius 1 is 1.36 bits per heavy atom. The molecule has 9 nitrogen and oxygen atoms in total. The number of halogens is 1. The number of nitro groups is 1. The average molecular weight is 405 g/mol. The van der Waals surface area contributed by atoms with Gasteiger partial charge in [0.15, 0.2) is 11.5 Å². The van der Waals surface area contributed by atoms with Crippen molar-refractivity contribution >= 4 is 23.2 Å². The van der Waals surface area contributed by atoms with Crippen LogP contribution in [0.4, 0.5) is 5.69 Å². The zero-order chi connectivity index (χ0) is 20.1. The van der Waals surface area contributed by atoms with E-state index in [4.69, 9.17) is 20.8 Å². The van der Waals surface area contributed by atoms with Crippen molar-refractivity contribution < 1.29 is 18.9 Å². The molecule has 0 aliphatic carbocycles. The number of aryl methyl sites for hydroxylation is 1. The largest absolute Gasteiger partial charge is 0.479 e. The van der Waals surface area contributed by atoms with Crippen molar-refractivity contribution in [1.29, 1.82) is 0 Å². The van der Waals surface area contributed by atoms with Gasteiger partial charge in [0.25, 0.3) is 5.91 Å². The fourth-order valence-electron chi connectivity index (χ4n) is 2.43. The number of aromatic nitrogens is 2. The summed E-state index contributed by atoms with van der Waals surface area (Å²) in [5.41, 5.74) is 0.416. The summed E-state index contributed by atoms with van der Waals surface area (Å²) in [5, 5.41) is 18.4. The van der Waals surface area contributed by atoms with Crippen molar-refractivity contribution in [2.75, 3.05) is 0 Å². The number of para-hydroxylation sites is 2. The second-order valence-corrected chi connectivity index (χ2v) is 6.15. The van der Waals surface area contributed by atoms with Gasteiger partial charge in [-0.25, -0.2) is 0 Å². The van der Waals surface area contributed by atoms with Gasteiger partial charge in [0.1, 0.15) is 18.1 Å². The Kier molecular flexibility index (Phi) is 5.95. The fraction of sp³-hybridized carbons (Fsp3) is 0.222. The van der Waals surface area contributed by atoms with Gasteiger partial charge in [-0.15, -0.1) is 0 Å². The first-order chi connectivity index (χ1) is 13.5. The second kappa shape index (κ2) is 8.57. The van der Waals surface area contributed by atoms with Gasteiger partial charge >= 0.3 is 5.69 Å². The molecule has 0 saturated carbocycles. The summed E-state index contributed by atoms with van der Waals surface area (Å²) in [5.74, 6) is 0.138. The number of rotatable bonds is 8.